The molecule has 1 fully saturated rings. The van der Waals surface area contributed by atoms with Gasteiger partial charge in [-0.25, -0.2) is 9.98 Å². The Bertz CT molecular complexity index is 732. The topological polar surface area (TPSA) is 61.8 Å². The van der Waals surface area contributed by atoms with Gasteiger partial charge in [0.2, 0.25) is 5.88 Å². The fourth-order valence-corrected chi connectivity index (χ4v) is 4.03. The molecule has 0 amide bonds. The maximum atomic E-state index is 5.75. The van der Waals surface area contributed by atoms with Crippen molar-refractivity contribution in [1.82, 2.24) is 15.6 Å². The monoisotopic (exact) mass is 529 g/mol. The van der Waals surface area contributed by atoms with Crippen LogP contribution in [0.15, 0.2) is 40.8 Å². The summed E-state index contributed by atoms with van der Waals surface area (Å²) in [7, 11) is 0. The number of aliphatic imine (C=N–C) groups is 1. The quantitative estimate of drug-likeness (QED) is 0.304. The van der Waals surface area contributed by atoms with Crippen molar-refractivity contribution in [2.75, 3.05) is 31.1 Å². The smallest absolute Gasteiger partial charge is 0.218 e. The van der Waals surface area contributed by atoms with Crippen LogP contribution in [0.2, 0.25) is 0 Å². The summed E-state index contributed by atoms with van der Waals surface area (Å²) in [6, 6.07) is 8.74. The standard InChI is InChI=1S/C21H31N5OS.HI/c1-3-14-27-20-17(7-5-11-23-20)16-24-21(22-4-2)25-18-9-12-26(13-10-18)19-8-6-15-28-19;/h5-8,11,15,18H,3-4,9-10,12-14,16H2,1-2H3,(H2,22,24,25);1H. The summed E-state index contributed by atoms with van der Waals surface area (Å²) < 4.78 is 5.75. The Morgan fingerprint density at radius 1 is 1.28 bits per heavy atom. The molecule has 0 bridgehead atoms. The molecule has 8 heteroatoms. The van der Waals surface area contributed by atoms with Crippen molar-refractivity contribution >= 4 is 46.3 Å². The number of hydrogen-bond donors (Lipinski definition) is 2. The third-order valence-corrected chi connectivity index (χ3v) is 5.63. The summed E-state index contributed by atoms with van der Waals surface area (Å²) in [5.41, 5.74) is 1.01. The minimum atomic E-state index is 0. The molecule has 2 aromatic rings. The molecule has 160 valence electrons. The normalized spacial score (nSPS) is 15.0. The van der Waals surface area contributed by atoms with E-state index >= 15 is 0 Å². The number of rotatable bonds is 8. The van der Waals surface area contributed by atoms with Gasteiger partial charge in [0.15, 0.2) is 5.96 Å². The third kappa shape index (κ3) is 7.33. The Labute approximate surface area is 195 Å². The Morgan fingerprint density at radius 2 is 2.10 bits per heavy atom. The highest BCUT2D eigenvalue weighted by atomic mass is 127. The Hall–Kier alpha value is -1.55. The second kappa shape index (κ2) is 12.9. The molecule has 6 nitrogen and oxygen atoms in total. The highest BCUT2D eigenvalue weighted by molar-refractivity contribution is 14.0. The average Bonchev–Trinajstić information content (AvgIpc) is 3.27. The highest BCUT2D eigenvalue weighted by Gasteiger charge is 2.20. The summed E-state index contributed by atoms with van der Waals surface area (Å²) in [5, 5.41) is 10.5. The van der Waals surface area contributed by atoms with Crippen LogP contribution in [0.3, 0.4) is 0 Å². The second-order valence-corrected chi connectivity index (χ2v) is 7.79. The molecule has 0 saturated carbocycles. The van der Waals surface area contributed by atoms with Gasteiger partial charge in [0.25, 0.3) is 0 Å². The van der Waals surface area contributed by atoms with Crippen LogP contribution in [-0.2, 0) is 6.54 Å². The number of pyridine rings is 1. The number of nitrogens with zero attached hydrogens (tertiary/aromatic N) is 3. The van der Waals surface area contributed by atoms with E-state index in [0.717, 1.165) is 50.4 Å². The zero-order valence-corrected chi connectivity index (χ0v) is 20.4. The lowest BCUT2D eigenvalue weighted by atomic mass is 10.1. The van der Waals surface area contributed by atoms with Crippen molar-refractivity contribution in [3.63, 3.8) is 0 Å². The van der Waals surface area contributed by atoms with Crippen molar-refractivity contribution in [1.29, 1.82) is 0 Å². The van der Waals surface area contributed by atoms with Gasteiger partial charge in [-0.2, -0.15) is 0 Å². The maximum Gasteiger partial charge on any atom is 0.218 e. The van der Waals surface area contributed by atoms with Crippen molar-refractivity contribution in [2.24, 2.45) is 4.99 Å². The molecular weight excluding hydrogens is 497 g/mol. The number of aromatic nitrogens is 1. The van der Waals surface area contributed by atoms with E-state index in [-0.39, 0.29) is 24.0 Å². The van der Waals surface area contributed by atoms with Crippen molar-refractivity contribution < 1.29 is 4.74 Å². The lowest BCUT2D eigenvalue weighted by Crippen LogP contribution is -2.48. The van der Waals surface area contributed by atoms with Crippen molar-refractivity contribution in [3.05, 3.63) is 41.4 Å². The summed E-state index contributed by atoms with van der Waals surface area (Å²) in [5.74, 6) is 1.55. The van der Waals surface area contributed by atoms with E-state index in [2.05, 4.69) is 51.9 Å². The molecule has 0 unspecified atom stereocenters. The number of hydrogen-bond acceptors (Lipinski definition) is 5. The molecule has 0 aromatic carbocycles. The van der Waals surface area contributed by atoms with E-state index in [1.165, 1.54) is 5.00 Å². The average molecular weight is 529 g/mol. The third-order valence-electron chi connectivity index (χ3n) is 4.70. The second-order valence-electron chi connectivity index (χ2n) is 6.87. The zero-order chi connectivity index (χ0) is 19.6. The lowest BCUT2D eigenvalue weighted by Gasteiger charge is -2.33. The molecule has 3 rings (SSSR count). The molecule has 0 atom stereocenters. The van der Waals surface area contributed by atoms with Crippen LogP contribution in [0.5, 0.6) is 5.88 Å². The number of ether oxygens (including phenoxy) is 1. The minimum absolute atomic E-state index is 0. The van der Waals surface area contributed by atoms with Crippen LogP contribution >= 0.6 is 35.3 Å². The van der Waals surface area contributed by atoms with Gasteiger partial charge in [0.05, 0.1) is 18.2 Å². The van der Waals surface area contributed by atoms with Gasteiger partial charge in [0, 0.05) is 37.4 Å². The lowest BCUT2D eigenvalue weighted by molar-refractivity contribution is 0.302. The minimum Gasteiger partial charge on any atom is -0.477 e. The molecule has 1 aliphatic heterocycles. The summed E-state index contributed by atoms with van der Waals surface area (Å²) in [6.07, 6.45) is 4.96. The van der Waals surface area contributed by atoms with E-state index in [0.29, 0.717) is 25.1 Å². The van der Waals surface area contributed by atoms with E-state index in [1.807, 2.05) is 23.5 Å². The Morgan fingerprint density at radius 3 is 2.79 bits per heavy atom. The Kier molecular flexibility index (Phi) is 10.5. The van der Waals surface area contributed by atoms with E-state index < -0.39 is 0 Å². The molecule has 29 heavy (non-hydrogen) atoms. The number of nitrogens with one attached hydrogen (secondary N) is 2. The number of thiophene rings is 1. The molecule has 2 N–H and O–H groups in total. The van der Waals surface area contributed by atoms with Gasteiger partial charge in [-0.1, -0.05) is 13.0 Å². The molecule has 1 aliphatic rings. The first kappa shape index (κ1) is 23.7. The van der Waals surface area contributed by atoms with Crippen molar-refractivity contribution in [3.8, 4) is 5.88 Å². The Balaban J connectivity index is 0.00000300. The number of guanidine groups is 1. The first-order valence-corrected chi connectivity index (χ1v) is 11.1. The zero-order valence-electron chi connectivity index (χ0n) is 17.3. The first-order valence-electron chi connectivity index (χ1n) is 10.2. The number of piperidine rings is 1. The maximum absolute atomic E-state index is 5.75. The molecule has 0 aliphatic carbocycles. The highest BCUT2D eigenvalue weighted by Crippen LogP contribution is 2.24. The van der Waals surface area contributed by atoms with Gasteiger partial charge in [-0.05, 0) is 49.8 Å². The van der Waals surface area contributed by atoms with Crippen LogP contribution in [0.1, 0.15) is 38.7 Å². The van der Waals surface area contributed by atoms with Crippen molar-refractivity contribution in [2.45, 2.75) is 45.7 Å². The predicted octanol–water partition coefficient (Wildman–Crippen LogP) is 4.27. The SMILES string of the molecule is CCCOc1ncccc1CN=C(NCC)NC1CCN(c2cccs2)CC1.I. The van der Waals surface area contributed by atoms with Crippen LogP contribution in [0.4, 0.5) is 5.00 Å². The molecule has 2 aromatic heterocycles. The molecule has 3 heterocycles. The van der Waals surface area contributed by atoms with Crippen LogP contribution in [0.25, 0.3) is 0 Å². The largest absolute Gasteiger partial charge is 0.477 e. The fourth-order valence-electron chi connectivity index (χ4n) is 3.24. The predicted molar refractivity (Wildman–Crippen MR) is 133 cm³/mol. The fraction of sp³-hybridized carbons (Fsp3) is 0.524. The van der Waals surface area contributed by atoms with E-state index in [4.69, 9.17) is 9.73 Å². The van der Waals surface area contributed by atoms with Gasteiger partial charge in [0.1, 0.15) is 0 Å². The van der Waals surface area contributed by atoms with Crippen LogP contribution < -0.4 is 20.3 Å². The van der Waals surface area contributed by atoms with Gasteiger partial charge < -0.3 is 20.3 Å². The van der Waals surface area contributed by atoms with Gasteiger partial charge in [-0.15, -0.1) is 35.3 Å². The van der Waals surface area contributed by atoms with Gasteiger partial charge >= 0.3 is 0 Å². The van der Waals surface area contributed by atoms with Gasteiger partial charge in [-0.3, -0.25) is 0 Å². The summed E-state index contributed by atoms with van der Waals surface area (Å²) in [6.45, 7) is 8.41. The molecule has 0 radical (unpaired) electrons. The first-order chi connectivity index (χ1) is 13.8. The van der Waals surface area contributed by atoms with Crippen LogP contribution in [0, 0.1) is 0 Å². The van der Waals surface area contributed by atoms with E-state index in [1.54, 1.807) is 6.20 Å². The number of halogens is 1. The molecule has 0 spiro atoms. The van der Waals surface area contributed by atoms with Crippen LogP contribution in [-0.4, -0.2) is 43.2 Å². The van der Waals surface area contributed by atoms with E-state index in [9.17, 15) is 0 Å². The summed E-state index contributed by atoms with van der Waals surface area (Å²) in [4.78, 5) is 11.6. The molecular formula is C21H32IN5OS. The number of anilines is 1. The molecule has 1 saturated heterocycles. The summed E-state index contributed by atoms with van der Waals surface area (Å²) >= 11 is 1.82.